The van der Waals surface area contributed by atoms with Gasteiger partial charge in [-0.2, -0.15) is 0 Å². The van der Waals surface area contributed by atoms with Crippen LogP contribution in [0.3, 0.4) is 0 Å². The maximum absolute atomic E-state index is 14.5. The van der Waals surface area contributed by atoms with Crippen molar-refractivity contribution in [1.82, 2.24) is 0 Å². The van der Waals surface area contributed by atoms with E-state index in [0.717, 1.165) is 51.4 Å². The molecule has 50 heavy (non-hydrogen) atoms. The van der Waals surface area contributed by atoms with Gasteiger partial charge in [0.25, 0.3) is 0 Å². The van der Waals surface area contributed by atoms with Crippen LogP contribution in [0.4, 0.5) is 0 Å². The summed E-state index contributed by atoms with van der Waals surface area (Å²) in [6, 6.07) is 0. The van der Waals surface area contributed by atoms with Gasteiger partial charge in [-0.1, -0.05) is 60.1 Å². The van der Waals surface area contributed by atoms with Crippen molar-refractivity contribution in [2.45, 2.75) is 156 Å². The lowest BCUT2D eigenvalue weighted by Gasteiger charge is -2.71. The fraction of sp³-hybridized carbons (Fsp3) is 0.897. The van der Waals surface area contributed by atoms with E-state index in [4.69, 9.17) is 14.2 Å². The Labute approximate surface area is 296 Å². The number of carbonyl (C=O) groups excluding carboxylic acids is 1. The lowest BCUT2D eigenvalue weighted by atomic mass is 9.33. The molecule has 6 aliphatic rings. The number of carboxylic acids is 1. The van der Waals surface area contributed by atoms with Gasteiger partial charge in [0, 0.05) is 0 Å². The minimum Gasteiger partial charge on any atom is -0.479 e. The Kier molecular flexibility index (Phi) is 9.74. The number of ether oxygens (including phenoxy) is 3. The van der Waals surface area contributed by atoms with Gasteiger partial charge in [0.1, 0.15) is 24.4 Å². The van der Waals surface area contributed by atoms with Gasteiger partial charge >= 0.3 is 11.9 Å². The molecule has 1 saturated heterocycles. The number of hydrogen-bond acceptors (Lipinski definition) is 10. The van der Waals surface area contributed by atoms with Gasteiger partial charge in [0.05, 0.1) is 24.7 Å². The molecule has 1 heterocycles. The lowest BCUT2D eigenvalue weighted by Crippen LogP contribution is -2.65. The average molecular weight is 707 g/mol. The number of esters is 1. The number of fused-ring (bicyclic) bond motifs is 7. The van der Waals surface area contributed by atoms with Crippen molar-refractivity contribution >= 4 is 11.9 Å². The van der Waals surface area contributed by atoms with Crippen LogP contribution in [-0.2, 0) is 23.8 Å². The fourth-order valence-electron chi connectivity index (χ4n) is 12.5. The smallest absolute Gasteiger partial charge is 0.335 e. The van der Waals surface area contributed by atoms with Gasteiger partial charge in [0.15, 0.2) is 6.10 Å². The molecule has 0 aromatic carbocycles. The maximum atomic E-state index is 14.5. The van der Waals surface area contributed by atoms with Crippen LogP contribution in [0.5, 0.6) is 0 Å². The zero-order valence-corrected chi connectivity index (χ0v) is 31.1. The van der Waals surface area contributed by atoms with Crippen LogP contribution in [0.2, 0.25) is 0 Å². The molecule has 11 heteroatoms. The maximum Gasteiger partial charge on any atom is 0.335 e. The fourth-order valence-corrected chi connectivity index (χ4v) is 12.5. The molecule has 0 aromatic rings. The second kappa shape index (κ2) is 12.8. The van der Waals surface area contributed by atoms with E-state index in [2.05, 4.69) is 54.5 Å². The topological polar surface area (TPSA) is 183 Å². The molecule has 1 aliphatic heterocycles. The molecular formula is C39H62O11. The predicted molar refractivity (Wildman–Crippen MR) is 182 cm³/mol. The minimum atomic E-state index is -1.86. The third-order valence-corrected chi connectivity index (χ3v) is 15.7. The van der Waals surface area contributed by atoms with Gasteiger partial charge in [-0.05, 0) is 109 Å². The quantitative estimate of drug-likeness (QED) is 0.167. The van der Waals surface area contributed by atoms with E-state index in [1.807, 2.05) is 0 Å². The number of carboxylic acid groups (broad SMARTS) is 1. The number of rotatable bonds is 7. The highest BCUT2D eigenvalue weighted by Gasteiger charge is 2.70. The largest absolute Gasteiger partial charge is 0.479 e. The summed E-state index contributed by atoms with van der Waals surface area (Å²) in [4.78, 5) is 26.2. The number of aliphatic hydroxyl groups is 5. The second-order valence-corrected chi connectivity index (χ2v) is 19.0. The summed E-state index contributed by atoms with van der Waals surface area (Å²) in [5.41, 5.74) is 0.200. The summed E-state index contributed by atoms with van der Waals surface area (Å²) >= 11 is 0. The molecule has 0 radical (unpaired) electrons. The average Bonchev–Trinajstić information content (AvgIpc) is 3.04. The molecule has 4 saturated carbocycles. The standard InChI is InChI=1S/C39H62O11/c1-34(2)14-16-39(33(47)50-32-29(44)27(42)28(43)30(49-32)31(45)46)17-15-37(6)22(23(39)18-34)8-9-25-36(5)12-11-26(48-20-21(41)19-40)35(3,4)24(36)10-13-38(25,37)7/h8,21,23-30,32,40-44H,9-20H2,1-7H3,(H,45,46)/t21?,23-,24-,25+,26-,27-,28-,29+,30-,32?,36-,37+,38+,39-/m0/s1. The highest BCUT2D eigenvalue weighted by atomic mass is 16.7. The van der Waals surface area contributed by atoms with Crippen LogP contribution in [0.25, 0.3) is 0 Å². The van der Waals surface area contributed by atoms with E-state index in [9.17, 15) is 40.2 Å². The lowest BCUT2D eigenvalue weighted by molar-refractivity contribution is -0.291. The van der Waals surface area contributed by atoms with Crippen LogP contribution in [0, 0.1) is 50.2 Å². The number of hydrogen-bond donors (Lipinski definition) is 6. The highest BCUT2D eigenvalue weighted by molar-refractivity contribution is 5.79. The first-order valence-electron chi connectivity index (χ1n) is 18.9. The van der Waals surface area contributed by atoms with Crippen molar-refractivity contribution in [2.75, 3.05) is 13.2 Å². The Balaban J connectivity index is 1.31. The first-order chi connectivity index (χ1) is 23.2. The first kappa shape index (κ1) is 38.1. The van der Waals surface area contributed by atoms with Gasteiger partial charge < -0.3 is 44.8 Å². The third kappa shape index (κ3) is 5.62. The minimum absolute atomic E-state index is 0.00371. The molecule has 5 fully saturated rings. The summed E-state index contributed by atoms with van der Waals surface area (Å²) in [7, 11) is 0. The van der Waals surface area contributed by atoms with Crippen LogP contribution in [-0.4, -0.2) is 98.7 Å². The summed E-state index contributed by atoms with van der Waals surface area (Å²) in [5.74, 6) is -1.31. The molecule has 0 bridgehead atoms. The van der Waals surface area contributed by atoms with Crippen LogP contribution in [0.15, 0.2) is 11.6 Å². The Hall–Kier alpha value is -1.60. The van der Waals surface area contributed by atoms with Gasteiger partial charge in [0.2, 0.25) is 6.29 Å². The van der Waals surface area contributed by atoms with Crippen LogP contribution < -0.4 is 0 Å². The third-order valence-electron chi connectivity index (χ3n) is 15.7. The Morgan fingerprint density at radius 2 is 1.58 bits per heavy atom. The molecule has 0 aromatic heterocycles. The van der Waals surface area contributed by atoms with E-state index in [-0.39, 0.29) is 52.3 Å². The van der Waals surface area contributed by atoms with E-state index in [1.54, 1.807) is 0 Å². The van der Waals surface area contributed by atoms with Crippen molar-refractivity contribution in [3.05, 3.63) is 11.6 Å². The summed E-state index contributed by atoms with van der Waals surface area (Å²) in [6.07, 6.45) is 1.04. The number of aliphatic carboxylic acids is 1. The number of carbonyl (C=O) groups is 2. The van der Waals surface area contributed by atoms with Crippen molar-refractivity contribution < 1.29 is 54.4 Å². The number of aliphatic hydroxyl groups excluding tert-OH is 5. The molecule has 6 N–H and O–H groups in total. The Morgan fingerprint density at radius 3 is 2.24 bits per heavy atom. The zero-order chi connectivity index (χ0) is 36.8. The first-order valence-corrected chi connectivity index (χ1v) is 18.9. The molecule has 11 nitrogen and oxygen atoms in total. The van der Waals surface area contributed by atoms with Crippen molar-refractivity contribution in [3.8, 4) is 0 Å². The molecule has 5 aliphatic carbocycles. The molecule has 0 spiro atoms. The molecule has 6 rings (SSSR count). The molecule has 284 valence electrons. The van der Waals surface area contributed by atoms with E-state index < -0.39 is 54.2 Å². The van der Waals surface area contributed by atoms with E-state index in [1.165, 1.54) is 5.57 Å². The van der Waals surface area contributed by atoms with Gasteiger partial charge in [-0.3, -0.25) is 4.79 Å². The monoisotopic (exact) mass is 706 g/mol. The Bertz CT molecular complexity index is 1360. The predicted octanol–water partition coefficient (Wildman–Crippen LogP) is 3.96. The van der Waals surface area contributed by atoms with E-state index in [0.29, 0.717) is 24.7 Å². The summed E-state index contributed by atoms with van der Waals surface area (Å²) in [5, 5.41) is 60.3. The van der Waals surface area contributed by atoms with Crippen molar-refractivity contribution in [3.63, 3.8) is 0 Å². The normalized spacial score (nSPS) is 48.5. The van der Waals surface area contributed by atoms with Gasteiger partial charge in [-0.25, -0.2) is 4.79 Å². The van der Waals surface area contributed by atoms with E-state index >= 15 is 0 Å². The molecule has 0 amide bonds. The summed E-state index contributed by atoms with van der Waals surface area (Å²) < 4.78 is 17.5. The number of allylic oxidation sites excluding steroid dienone is 2. The summed E-state index contributed by atoms with van der Waals surface area (Å²) in [6.45, 7) is 16.4. The Morgan fingerprint density at radius 1 is 0.900 bits per heavy atom. The van der Waals surface area contributed by atoms with Gasteiger partial charge in [-0.15, -0.1) is 0 Å². The van der Waals surface area contributed by atoms with Crippen LogP contribution in [0.1, 0.15) is 113 Å². The zero-order valence-electron chi connectivity index (χ0n) is 31.1. The molecule has 14 atom stereocenters. The van der Waals surface area contributed by atoms with Crippen LogP contribution >= 0.6 is 0 Å². The highest BCUT2D eigenvalue weighted by Crippen LogP contribution is 2.76. The SMILES string of the molecule is CC1(C)CC[C@]2(C(=O)OC3O[C@H](C(=O)O)[C@@H](O)[C@H](O)[C@H]3O)CC[C@]3(C)C(=CC[C@@H]4[C@@]5(C)CC[C@H](OCC(O)CO)C(C)(C)[C@@H]5CC[C@]43C)[C@@H]2C1. The van der Waals surface area contributed by atoms with Crippen molar-refractivity contribution in [2.24, 2.45) is 50.2 Å². The molecular weight excluding hydrogens is 644 g/mol. The van der Waals surface area contributed by atoms with Crippen molar-refractivity contribution in [1.29, 1.82) is 0 Å². The second-order valence-electron chi connectivity index (χ2n) is 19.0. The molecule has 2 unspecified atom stereocenters.